The second-order valence-corrected chi connectivity index (χ2v) is 11.0. The summed E-state index contributed by atoms with van der Waals surface area (Å²) < 4.78 is 27.6. The Morgan fingerprint density at radius 3 is 2.25 bits per heavy atom. The molecule has 0 saturated heterocycles. The van der Waals surface area contributed by atoms with Crippen LogP contribution in [0.2, 0.25) is 0 Å². The zero-order valence-electron chi connectivity index (χ0n) is 20.6. The average molecular weight is 580 g/mol. The normalized spacial score (nSPS) is 11.0. The van der Waals surface area contributed by atoms with Crippen LogP contribution in [0.5, 0.6) is 0 Å². The molecule has 0 aliphatic heterocycles. The van der Waals surface area contributed by atoms with Crippen LogP contribution in [0, 0.1) is 20.2 Å². The number of rotatable bonds is 11. The molecule has 0 aliphatic rings. The average Bonchev–Trinajstić information content (AvgIpc) is 2.95. The Morgan fingerprint density at radius 2 is 1.62 bits per heavy atom. The van der Waals surface area contributed by atoms with Gasteiger partial charge in [-0.1, -0.05) is 30.3 Å². The summed E-state index contributed by atoms with van der Waals surface area (Å²) in [5.74, 6) is -0.318. The minimum Gasteiger partial charge on any atom is -0.379 e. The minimum atomic E-state index is -4.43. The van der Waals surface area contributed by atoms with Gasteiger partial charge in [0, 0.05) is 40.5 Å². The fourth-order valence-electron chi connectivity index (χ4n) is 3.55. The number of hydrogen-bond acceptors (Lipinski definition) is 10. The maximum absolute atomic E-state index is 12.9. The highest BCUT2D eigenvalue weighted by atomic mass is 32.2. The van der Waals surface area contributed by atoms with Crippen molar-refractivity contribution in [2.24, 2.45) is 0 Å². The Balaban J connectivity index is 1.42. The summed E-state index contributed by atoms with van der Waals surface area (Å²) in [7, 11) is -4.43. The summed E-state index contributed by atoms with van der Waals surface area (Å²) in [4.78, 5) is 38.4. The monoisotopic (exact) mass is 579 g/mol. The second kappa shape index (κ2) is 12.4. The van der Waals surface area contributed by atoms with E-state index in [1.165, 1.54) is 48.5 Å². The molecular formula is C26H21N5O7S2. The van der Waals surface area contributed by atoms with Gasteiger partial charge in [-0.15, -0.1) is 11.8 Å². The van der Waals surface area contributed by atoms with Crippen molar-refractivity contribution in [2.45, 2.75) is 9.79 Å². The van der Waals surface area contributed by atoms with Crippen molar-refractivity contribution < 1.29 is 23.1 Å². The van der Waals surface area contributed by atoms with Crippen LogP contribution in [0.15, 0.2) is 101 Å². The molecule has 4 rings (SSSR count). The Hall–Kier alpha value is -4.82. The van der Waals surface area contributed by atoms with Crippen molar-refractivity contribution in [1.82, 2.24) is 9.71 Å². The van der Waals surface area contributed by atoms with Gasteiger partial charge in [-0.25, -0.2) is 18.1 Å². The lowest BCUT2D eigenvalue weighted by Crippen LogP contribution is -2.30. The number of aromatic nitrogens is 1. The van der Waals surface area contributed by atoms with Gasteiger partial charge in [-0.3, -0.25) is 25.0 Å². The molecule has 0 unspecified atom stereocenters. The molecule has 4 aromatic rings. The van der Waals surface area contributed by atoms with E-state index < -0.39 is 36.4 Å². The van der Waals surface area contributed by atoms with Crippen molar-refractivity contribution in [1.29, 1.82) is 0 Å². The fourth-order valence-corrected chi connectivity index (χ4v) is 5.33. The number of thioether (sulfide) groups is 1. The number of nitro benzene ring substituents is 1. The molecule has 0 spiro atoms. The van der Waals surface area contributed by atoms with Gasteiger partial charge in [0.05, 0.1) is 20.4 Å². The van der Waals surface area contributed by atoms with Crippen LogP contribution in [0.1, 0.15) is 10.4 Å². The number of anilines is 1. The molecular weight excluding hydrogens is 558 g/mol. The molecule has 1 heterocycles. The predicted octanol–water partition coefficient (Wildman–Crippen LogP) is 4.89. The lowest BCUT2D eigenvalue weighted by Gasteiger charge is -2.10. The van der Waals surface area contributed by atoms with E-state index in [0.717, 1.165) is 17.2 Å². The third-order valence-corrected chi connectivity index (χ3v) is 7.88. The Morgan fingerprint density at radius 1 is 0.900 bits per heavy atom. The van der Waals surface area contributed by atoms with Crippen LogP contribution in [0.3, 0.4) is 0 Å². The number of hydrogen-bond donors (Lipinski definition) is 2. The summed E-state index contributed by atoms with van der Waals surface area (Å²) in [6.45, 7) is 0.397. The highest BCUT2D eigenvalue weighted by molar-refractivity contribution is 7.99. The van der Waals surface area contributed by atoms with Gasteiger partial charge in [0.2, 0.25) is 0 Å². The number of benzene rings is 3. The number of carbonyl (C=O) groups excluding carboxylic acids is 1. The first-order chi connectivity index (χ1) is 19.1. The van der Waals surface area contributed by atoms with Gasteiger partial charge in [0.1, 0.15) is 11.9 Å². The minimum absolute atomic E-state index is 0.0120. The van der Waals surface area contributed by atoms with E-state index in [-0.39, 0.29) is 16.9 Å². The zero-order chi connectivity index (χ0) is 28.7. The van der Waals surface area contributed by atoms with E-state index >= 15 is 0 Å². The van der Waals surface area contributed by atoms with Crippen molar-refractivity contribution in [3.8, 4) is 11.3 Å². The van der Waals surface area contributed by atoms with Gasteiger partial charge in [-0.2, -0.15) is 0 Å². The smallest absolute Gasteiger partial charge is 0.293 e. The van der Waals surface area contributed by atoms with E-state index in [4.69, 9.17) is 0 Å². The van der Waals surface area contributed by atoms with Gasteiger partial charge in [-0.05, 0) is 42.5 Å². The summed E-state index contributed by atoms with van der Waals surface area (Å²) in [6.07, 6.45) is 1.10. The Labute approximate surface area is 232 Å². The third kappa shape index (κ3) is 6.98. The summed E-state index contributed by atoms with van der Waals surface area (Å²) >= 11 is 1.56. The number of nitrogens with zero attached hydrogens (tertiary/aromatic N) is 3. The quantitative estimate of drug-likeness (QED) is 0.108. The standard InChI is InChI=1S/C26H21N5O7S2/c32-26(19-8-6-18(7-9-19)23-12-10-20(17-28-23)30(33)34)29-40(37,38)22-11-13-24(25(16-22)31(35)36)27-14-15-39-21-4-2-1-3-5-21/h1-13,16-17,27H,14-15H2,(H,29,32). The van der Waals surface area contributed by atoms with E-state index in [1.807, 2.05) is 35.1 Å². The van der Waals surface area contributed by atoms with E-state index in [0.29, 0.717) is 23.6 Å². The molecule has 204 valence electrons. The Bertz CT molecular complexity index is 1650. The molecule has 1 aromatic heterocycles. The number of carbonyl (C=O) groups is 1. The second-order valence-electron chi connectivity index (χ2n) is 8.20. The van der Waals surface area contributed by atoms with Crippen molar-refractivity contribution in [3.05, 3.63) is 117 Å². The topological polar surface area (TPSA) is 174 Å². The first kappa shape index (κ1) is 28.2. The van der Waals surface area contributed by atoms with E-state index in [2.05, 4.69) is 10.3 Å². The van der Waals surface area contributed by atoms with Crippen LogP contribution in [-0.2, 0) is 10.0 Å². The molecule has 2 N–H and O–H groups in total. The molecule has 0 aliphatic carbocycles. The zero-order valence-corrected chi connectivity index (χ0v) is 22.2. The van der Waals surface area contributed by atoms with Crippen LogP contribution < -0.4 is 10.0 Å². The molecule has 14 heteroatoms. The van der Waals surface area contributed by atoms with Crippen LogP contribution in [0.4, 0.5) is 17.1 Å². The molecule has 0 fully saturated rings. The lowest BCUT2D eigenvalue weighted by atomic mass is 10.1. The van der Waals surface area contributed by atoms with Gasteiger partial charge in [0.15, 0.2) is 0 Å². The van der Waals surface area contributed by atoms with Gasteiger partial charge < -0.3 is 5.32 Å². The maximum atomic E-state index is 12.9. The third-order valence-electron chi connectivity index (χ3n) is 5.53. The van der Waals surface area contributed by atoms with Crippen molar-refractivity contribution in [3.63, 3.8) is 0 Å². The highest BCUT2D eigenvalue weighted by Crippen LogP contribution is 2.28. The molecule has 0 atom stereocenters. The van der Waals surface area contributed by atoms with E-state index in [9.17, 15) is 33.4 Å². The SMILES string of the molecule is O=C(NS(=O)(=O)c1ccc(NCCSc2ccccc2)c([N+](=O)[O-])c1)c1ccc(-c2ccc([N+](=O)[O-])cn2)cc1. The number of nitrogens with one attached hydrogen (secondary N) is 2. The number of sulfonamides is 1. The van der Waals surface area contributed by atoms with Crippen LogP contribution in [0.25, 0.3) is 11.3 Å². The molecule has 40 heavy (non-hydrogen) atoms. The molecule has 0 bridgehead atoms. The molecule has 1 amide bonds. The number of pyridine rings is 1. The predicted molar refractivity (Wildman–Crippen MR) is 150 cm³/mol. The maximum Gasteiger partial charge on any atom is 0.293 e. The van der Waals surface area contributed by atoms with Crippen molar-refractivity contribution in [2.75, 3.05) is 17.6 Å². The first-order valence-corrected chi connectivity index (χ1v) is 14.1. The number of nitro groups is 2. The van der Waals surface area contributed by atoms with Crippen molar-refractivity contribution >= 4 is 44.8 Å². The lowest BCUT2D eigenvalue weighted by molar-refractivity contribution is -0.385. The summed E-state index contributed by atoms with van der Waals surface area (Å²) in [6, 6.07) is 21.5. The van der Waals surface area contributed by atoms with Crippen LogP contribution in [-0.4, -0.2) is 41.5 Å². The fraction of sp³-hybridized carbons (Fsp3) is 0.0769. The summed E-state index contributed by atoms with van der Waals surface area (Å²) in [5.41, 5.74) is 0.522. The highest BCUT2D eigenvalue weighted by Gasteiger charge is 2.24. The van der Waals surface area contributed by atoms with Gasteiger partial charge >= 0.3 is 0 Å². The summed E-state index contributed by atoms with van der Waals surface area (Å²) in [5, 5.41) is 25.4. The molecule has 0 saturated carbocycles. The molecule has 3 aromatic carbocycles. The molecule has 0 radical (unpaired) electrons. The first-order valence-electron chi connectivity index (χ1n) is 11.6. The number of amides is 1. The Kier molecular flexibility index (Phi) is 8.71. The van der Waals surface area contributed by atoms with E-state index in [1.54, 1.807) is 11.8 Å². The van der Waals surface area contributed by atoms with Gasteiger partial charge in [0.25, 0.3) is 27.3 Å². The largest absolute Gasteiger partial charge is 0.379 e. The van der Waals surface area contributed by atoms with Crippen LogP contribution >= 0.6 is 11.8 Å². The molecule has 12 nitrogen and oxygen atoms in total.